The fourth-order valence-corrected chi connectivity index (χ4v) is 2.48. The van der Waals surface area contributed by atoms with E-state index < -0.39 is 0 Å². The molecule has 1 atom stereocenters. The molecule has 0 aromatic carbocycles. The van der Waals surface area contributed by atoms with Crippen LogP contribution >= 0.6 is 0 Å². The number of hydrogen-bond donors (Lipinski definition) is 3. The summed E-state index contributed by atoms with van der Waals surface area (Å²) in [7, 11) is 4.21. The van der Waals surface area contributed by atoms with Crippen molar-refractivity contribution in [3.8, 4) is 0 Å². The molecule has 1 saturated heterocycles. The number of rotatable bonds is 3. The van der Waals surface area contributed by atoms with Crippen molar-refractivity contribution in [3.05, 3.63) is 6.20 Å². The van der Waals surface area contributed by atoms with Crippen molar-refractivity contribution >= 4 is 22.8 Å². The molecule has 4 N–H and O–H groups in total. The van der Waals surface area contributed by atoms with Gasteiger partial charge < -0.3 is 9.80 Å². The molecule has 3 heterocycles. The second kappa shape index (κ2) is 4.63. The van der Waals surface area contributed by atoms with E-state index in [4.69, 9.17) is 5.84 Å². The number of anilines is 2. The number of nitrogens with two attached hydrogens (primary N) is 1. The lowest BCUT2D eigenvalue weighted by Crippen LogP contribution is -2.32. The Bertz CT molecular complexity index is 577. The molecule has 0 amide bonds. The Morgan fingerprint density at radius 3 is 3.00 bits per heavy atom. The lowest BCUT2D eigenvalue weighted by molar-refractivity contribution is 0.315. The van der Waals surface area contributed by atoms with Gasteiger partial charge in [-0.05, 0) is 20.5 Å². The highest BCUT2D eigenvalue weighted by molar-refractivity contribution is 5.87. The van der Waals surface area contributed by atoms with Crippen LogP contribution in [0.15, 0.2) is 6.20 Å². The van der Waals surface area contributed by atoms with Crippen LogP contribution in [0.5, 0.6) is 0 Å². The van der Waals surface area contributed by atoms with E-state index in [1.807, 2.05) is 0 Å². The Kier molecular flexibility index (Phi) is 2.96. The van der Waals surface area contributed by atoms with E-state index in [1.54, 1.807) is 6.20 Å². The Morgan fingerprint density at radius 1 is 1.47 bits per heavy atom. The molecule has 102 valence electrons. The zero-order valence-corrected chi connectivity index (χ0v) is 11.1. The number of hydrogen-bond acceptors (Lipinski definition) is 7. The highest BCUT2D eigenvalue weighted by Crippen LogP contribution is 2.27. The molecule has 8 heteroatoms. The average Bonchev–Trinajstić information content (AvgIpc) is 3.06. The van der Waals surface area contributed by atoms with E-state index in [2.05, 4.69) is 49.5 Å². The first-order valence-electron chi connectivity index (χ1n) is 6.28. The van der Waals surface area contributed by atoms with Gasteiger partial charge in [0.2, 0.25) is 5.95 Å². The summed E-state index contributed by atoms with van der Waals surface area (Å²) in [5.41, 5.74) is 3.20. The number of nitrogens with zero attached hydrogens (tertiary/aromatic N) is 5. The van der Waals surface area contributed by atoms with E-state index in [-0.39, 0.29) is 0 Å². The summed E-state index contributed by atoms with van der Waals surface area (Å²) < 4.78 is 0. The highest BCUT2D eigenvalue weighted by atomic mass is 15.3. The zero-order valence-electron chi connectivity index (χ0n) is 11.1. The lowest BCUT2D eigenvalue weighted by Gasteiger charge is -2.21. The fraction of sp³-hybridized carbons (Fsp3) is 0.545. The molecule has 1 fully saturated rings. The summed E-state index contributed by atoms with van der Waals surface area (Å²) in [6, 6.07) is 0.547. The van der Waals surface area contributed by atoms with Gasteiger partial charge in [0.05, 0.1) is 11.6 Å². The Balaban J connectivity index is 1.98. The molecule has 2 aromatic rings. The summed E-state index contributed by atoms with van der Waals surface area (Å²) in [6.45, 7) is 1.93. The van der Waals surface area contributed by atoms with E-state index >= 15 is 0 Å². The van der Waals surface area contributed by atoms with Crippen LogP contribution in [-0.4, -0.2) is 58.3 Å². The second-order valence-corrected chi connectivity index (χ2v) is 5.00. The summed E-state index contributed by atoms with van der Waals surface area (Å²) >= 11 is 0. The minimum absolute atomic E-state index is 0.403. The first kappa shape index (κ1) is 12.1. The zero-order chi connectivity index (χ0) is 13.4. The molecular weight excluding hydrogens is 244 g/mol. The maximum atomic E-state index is 5.42. The van der Waals surface area contributed by atoms with Gasteiger partial charge in [-0.25, -0.2) is 5.84 Å². The van der Waals surface area contributed by atoms with Gasteiger partial charge in [-0.2, -0.15) is 15.1 Å². The SMILES string of the molecule is CN(C)C1CCN(c2nc(NN)nc3[nH]ncc23)C1. The fourth-order valence-electron chi connectivity index (χ4n) is 2.48. The normalized spacial score (nSPS) is 19.6. The largest absolute Gasteiger partial charge is 0.354 e. The van der Waals surface area contributed by atoms with Gasteiger partial charge in [0.1, 0.15) is 5.82 Å². The molecule has 0 aliphatic carbocycles. The van der Waals surface area contributed by atoms with Crippen LogP contribution in [0.3, 0.4) is 0 Å². The van der Waals surface area contributed by atoms with Crippen molar-refractivity contribution in [1.82, 2.24) is 25.1 Å². The summed E-state index contributed by atoms with van der Waals surface area (Å²) in [4.78, 5) is 13.2. The maximum Gasteiger partial charge on any atom is 0.241 e. The number of fused-ring (bicyclic) bond motifs is 1. The molecular formula is C11H18N8. The molecule has 0 bridgehead atoms. The maximum absolute atomic E-state index is 5.42. The summed E-state index contributed by atoms with van der Waals surface area (Å²) in [5, 5.41) is 7.82. The molecule has 8 nitrogen and oxygen atoms in total. The molecule has 2 aromatic heterocycles. The number of H-pyrrole nitrogens is 1. The van der Waals surface area contributed by atoms with Crippen molar-refractivity contribution < 1.29 is 0 Å². The van der Waals surface area contributed by atoms with Gasteiger partial charge in [0.25, 0.3) is 0 Å². The number of aromatic nitrogens is 4. The van der Waals surface area contributed by atoms with E-state index in [0.29, 0.717) is 17.6 Å². The van der Waals surface area contributed by atoms with Crippen molar-refractivity contribution in [1.29, 1.82) is 0 Å². The average molecular weight is 262 g/mol. The molecule has 0 saturated carbocycles. The van der Waals surface area contributed by atoms with Gasteiger partial charge in [0.15, 0.2) is 5.65 Å². The molecule has 1 aliphatic heterocycles. The number of aromatic amines is 1. The Labute approximate surface area is 111 Å². The van der Waals surface area contributed by atoms with Gasteiger partial charge in [-0.1, -0.05) is 0 Å². The van der Waals surface area contributed by atoms with Crippen LogP contribution in [0.2, 0.25) is 0 Å². The molecule has 19 heavy (non-hydrogen) atoms. The monoisotopic (exact) mass is 262 g/mol. The molecule has 1 aliphatic rings. The third-order valence-corrected chi connectivity index (χ3v) is 3.61. The summed E-state index contributed by atoms with van der Waals surface area (Å²) in [6.07, 6.45) is 2.88. The number of likely N-dealkylation sites (N-methyl/N-ethyl adjacent to an activating group) is 1. The first-order valence-corrected chi connectivity index (χ1v) is 6.28. The standard InChI is InChI=1S/C11H18N8/c1-18(2)7-3-4-19(6-7)10-8-5-13-17-9(8)14-11(15-10)16-12/h5,7H,3-4,6,12H2,1-2H3,(H2,13,14,15,16,17). The third-order valence-electron chi connectivity index (χ3n) is 3.61. The highest BCUT2D eigenvalue weighted by Gasteiger charge is 2.27. The van der Waals surface area contributed by atoms with Gasteiger partial charge >= 0.3 is 0 Å². The van der Waals surface area contributed by atoms with Crippen LogP contribution in [0.4, 0.5) is 11.8 Å². The smallest absolute Gasteiger partial charge is 0.241 e. The minimum atomic E-state index is 0.403. The molecule has 0 spiro atoms. The van der Waals surface area contributed by atoms with Crippen molar-refractivity contribution in [2.24, 2.45) is 5.84 Å². The summed E-state index contributed by atoms with van der Waals surface area (Å²) in [5.74, 6) is 6.70. The van der Waals surface area contributed by atoms with Crippen LogP contribution in [0, 0.1) is 0 Å². The van der Waals surface area contributed by atoms with E-state index in [9.17, 15) is 0 Å². The van der Waals surface area contributed by atoms with Crippen molar-refractivity contribution in [3.63, 3.8) is 0 Å². The van der Waals surface area contributed by atoms with Gasteiger partial charge in [-0.3, -0.25) is 10.5 Å². The van der Waals surface area contributed by atoms with Gasteiger partial charge in [-0.15, -0.1) is 0 Å². The number of nitrogen functional groups attached to an aromatic ring is 1. The lowest BCUT2D eigenvalue weighted by atomic mass is 10.2. The second-order valence-electron chi connectivity index (χ2n) is 5.00. The predicted octanol–water partition coefficient (Wildman–Crippen LogP) is -0.221. The first-order chi connectivity index (χ1) is 9.19. The van der Waals surface area contributed by atoms with Crippen LogP contribution in [0.25, 0.3) is 11.0 Å². The minimum Gasteiger partial charge on any atom is -0.354 e. The van der Waals surface area contributed by atoms with E-state index in [0.717, 1.165) is 30.7 Å². The van der Waals surface area contributed by atoms with Gasteiger partial charge in [0, 0.05) is 19.1 Å². The molecule has 0 radical (unpaired) electrons. The van der Waals surface area contributed by atoms with Crippen molar-refractivity contribution in [2.45, 2.75) is 12.5 Å². The molecule has 1 unspecified atom stereocenters. The van der Waals surface area contributed by atoms with Crippen LogP contribution in [0.1, 0.15) is 6.42 Å². The van der Waals surface area contributed by atoms with Crippen LogP contribution in [-0.2, 0) is 0 Å². The number of nitrogens with one attached hydrogen (secondary N) is 2. The quantitative estimate of drug-likeness (QED) is 0.519. The van der Waals surface area contributed by atoms with Crippen LogP contribution < -0.4 is 16.2 Å². The van der Waals surface area contributed by atoms with Crippen molar-refractivity contribution in [2.75, 3.05) is 37.5 Å². The number of hydrazine groups is 1. The van der Waals surface area contributed by atoms with E-state index in [1.165, 1.54) is 0 Å². The predicted molar refractivity (Wildman–Crippen MR) is 73.8 cm³/mol. The third kappa shape index (κ3) is 2.08. The topological polar surface area (TPSA) is 99.0 Å². The molecule has 3 rings (SSSR count). The Hall–Kier alpha value is -1.93. The Morgan fingerprint density at radius 2 is 2.32 bits per heavy atom.